The van der Waals surface area contributed by atoms with Crippen molar-refractivity contribution in [1.29, 1.82) is 0 Å². The Morgan fingerprint density at radius 2 is 0.0566 bits per heavy atom. The normalized spacial score (nSPS) is 0. The van der Waals surface area contributed by atoms with Crippen molar-refractivity contribution in [2.45, 2.75) is 0 Å². The molecule has 0 saturated carbocycles. The Morgan fingerprint density at radius 1 is 0.0566 bits per heavy atom. The van der Waals surface area contributed by atoms with Gasteiger partial charge in [0.25, 0.3) is 0 Å². The number of hydrogen-bond acceptors (Lipinski definition) is 0. The molecule has 0 N–H and O–H groups in total. The van der Waals surface area contributed by atoms with Crippen LogP contribution in [0, 0.1) is 0 Å². The summed E-state index contributed by atoms with van der Waals surface area (Å²) < 4.78 is 0. The van der Waals surface area contributed by atoms with Crippen LogP contribution in [-0.2, 0) is 491 Å². The smallest absolute Gasteiger partial charge is 2.00 e. The molecule has 0 aromatic heterocycles. The van der Waals surface area contributed by atoms with E-state index in [1.807, 2.05) is 0 Å². The molecule has 40 nitrogen and oxygen atoms in total. The SMILES string of the molecule is [O-2].[O-2].[O-2].[O-2].[O-2].[O-2].[O-2].[O-2].[O-2].[O-2].[O-2].[O-2].[O-2].[O-2].[O-2].[O-2].[O-2].[O-2].[O-2].[O-2].[O-2].[O-2].[O-2].[O-2].[O-2].[O-2].[O-2].[O-2].[O-2].[O-2].[O-2].[O-2].[O-2].[O-2].[O-2].[O-2].[O-2].[O-2].[O-2].[O-2].[W].[W].[W].[W].[W].[W].[W].[W].[W].[W].[W].[W].[Zn+2]. The Kier molecular flexibility index (Phi) is 286000. The maximum atomic E-state index is 0. The Morgan fingerprint density at radius 3 is 0.0566 bits per heavy atom. The molecule has 53 heavy (non-hydrogen) atoms. The van der Waals surface area contributed by atoms with E-state index < -0.39 is 0 Å². The van der Waals surface area contributed by atoms with Crippen LogP contribution in [-0.4, -0.2) is 0 Å². The Bertz CT molecular complexity index is 47.7. The predicted octanol–water partition coefficient (Wildman–Crippen LogP) is -4.78. The first kappa shape index (κ1) is 3990. The van der Waals surface area contributed by atoms with Crippen LogP contribution in [0.25, 0.3) is 0 Å². The zero-order valence-corrected chi connectivity index (χ0v) is 60.1. The number of rotatable bonds is 0. The van der Waals surface area contributed by atoms with E-state index in [9.17, 15) is 0 Å². The van der Waals surface area contributed by atoms with Crippen LogP contribution in [0.15, 0.2) is 0 Å². The van der Waals surface area contributed by atoms with Gasteiger partial charge < -0.3 is 219 Å². The van der Waals surface area contributed by atoms with Crippen LogP contribution < -0.4 is 0 Å². The van der Waals surface area contributed by atoms with E-state index in [2.05, 4.69) is 0 Å². The van der Waals surface area contributed by atoms with Crippen LogP contribution in [0.4, 0.5) is 0 Å². The first-order valence-corrected chi connectivity index (χ1v) is 0. The minimum atomic E-state index is 0. The van der Waals surface area contributed by atoms with Crippen LogP contribution in [0.3, 0.4) is 0 Å². The quantitative estimate of drug-likeness (QED) is 0.206. The summed E-state index contributed by atoms with van der Waals surface area (Å²) in [5, 5.41) is 0. The van der Waals surface area contributed by atoms with Crippen LogP contribution in [0.2, 0.25) is 0 Å². The molecular formula is O40W12Zn-78. The summed E-state index contributed by atoms with van der Waals surface area (Å²) in [7, 11) is 0. The minimum absolute atomic E-state index is 0. The second-order valence-electron chi connectivity index (χ2n) is 0. The first-order chi connectivity index (χ1) is 0. The molecule has 0 unspecified atom stereocenters. The molecule has 0 aromatic rings. The molecule has 0 fully saturated rings. The van der Waals surface area contributed by atoms with Crippen molar-refractivity contribution < 1.29 is 491 Å². The fourth-order valence-corrected chi connectivity index (χ4v) is 0. The van der Waals surface area contributed by atoms with Gasteiger partial charge in [-0.25, -0.2) is 0 Å². The zero-order chi connectivity index (χ0) is 0. The summed E-state index contributed by atoms with van der Waals surface area (Å²) in [4.78, 5) is 0. The molecule has 0 bridgehead atoms. The predicted molar refractivity (Wildman–Crippen MR) is 27.5 cm³/mol. The summed E-state index contributed by atoms with van der Waals surface area (Å²) in [6, 6.07) is 0. The van der Waals surface area contributed by atoms with Gasteiger partial charge in [-0.2, -0.15) is 0 Å². The van der Waals surface area contributed by atoms with Gasteiger partial charge in [0.1, 0.15) is 0 Å². The minimum Gasteiger partial charge on any atom is -2.00 e. The van der Waals surface area contributed by atoms with Crippen molar-refractivity contribution in [2.24, 2.45) is 0 Å². The van der Waals surface area contributed by atoms with E-state index in [1.54, 1.807) is 0 Å². The van der Waals surface area contributed by atoms with Gasteiger partial charge in [0, 0.05) is 253 Å². The molecule has 0 aliphatic heterocycles. The Labute approximate surface area is 484 Å². The molecule has 0 radical (unpaired) electrons. The van der Waals surface area contributed by atoms with Crippen LogP contribution >= 0.6 is 0 Å². The van der Waals surface area contributed by atoms with Gasteiger partial charge >= 0.3 is 19.5 Å². The first-order valence-electron chi connectivity index (χ1n) is 0. The summed E-state index contributed by atoms with van der Waals surface area (Å²) in [5.74, 6) is 0. The Hall–Kier alpha value is 7.28. The second-order valence-corrected chi connectivity index (χ2v) is 0. The van der Waals surface area contributed by atoms with E-state index in [1.165, 1.54) is 0 Å². The average Bonchev–Trinajstić information content (AvgIpc) is 0. The second kappa shape index (κ2) is 3800. The molecule has 0 aliphatic rings. The summed E-state index contributed by atoms with van der Waals surface area (Å²) in [5.41, 5.74) is 0. The van der Waals surface area contributed by atoms with Crippen LogP contribution in [0.1, 0.15) is 0 Å². The van der Waals surface area contributed by atoms with Crippen molar-refractivity contribution in [3.05, 3.63) is 0 Å². The van der Waals surface area contributed by atoms with Gasteiger partial charge in [-0.15, -0.1) is 0 Å². The molecule has 0 aromatic carbocycles. The van der Waals surface area contributed by atoms with Gasteiger partial charge in [0.15, 0.2) is 0 Å². The average molecular weight is 2910 g/mol. The molecule has 53 heteroatoms. The van der Waals surface area contributed by atoms with Gasteiger partial charge in [-0.05, 0) is 0 Å². The molecule has 0 rings (SSSR count). The maximum absolute atomic E-state index is 0. The molecule has 0 aliphatic carbocycles. The molecule has 392 valence electrons. The van der Waals surface area contributed by atoms with Crippen molar-refractivity contribution >= 4 is 0 Å². The standard InChI is InChI=1S/40O.12W.Zn/q40*-2;;;;;;;;;;;;;+2. The fourth-order valence-electron chi connectivity index (χ4n) is 0. The molecule has 0 spiro atoms. The van der Waals surface area contributed by atoms with E-state index in [-0.39, 0.29) is 491 Å². The summed E-state index contributed by atoms with van der Waals surface area (Å²) in [6.07, 6.45) is 0. The zero-order valence-electron chi connectivity index (χ0n) is 21.9. The van der Waals surface area contributed by atoms with Crippen molar-refractivity contribution in [3.8, 4) is 0 Å². The number of hydrogen-bond donors (Lipinski definition) is 0. The maximum Gasteiger partial charge on any atom is 2.00 e. The third-order valence-corrected chi connectivity index (χ3v) is 0. The van der Waals surface area contributed by atoms with Gasteiger partial charge in [0.05, 0.1) is 0 Å². The van der Waals surface area contributed by atoms with E-state index >= 15 is 0 Å². The fraction of sp³-hybridized carbons (Fsp3) is 0. The summed E-state index contributed by atoms with van der Waals surface area (Å²) in [6.45, 7) is 0. The topological polar surface area (TPSA) is 1140 Å². The van der Waals surface area contributed by atoms with E-state index in [0.717, 1.165) is 0 Å². The monoisotopic (exact) mass is 2910 g/mol. The van der Waals surface area contributed by atoms with Gasteiger partial charge in [0.2, 0.25) is 0 Å². The molecule has 0 heterocycles. The van der Waals surface area contributed by atoms with E-state index in [0.29, 0.717) is 0 Å². The molecule has 0 saturated heterocycles. The molecular weight excluding hydrogens is 2910 g/mol. The van der Waals surface area contributed by atoms with Crippen LogP contribution in [0.5, 0.6) is 0 Å². The molecule has 0 amide bonds. The largest absolute Gasteiger partial charge is 2.00 e. The third kappa shape index (κ3) is 3670. The van der Waals surface area contributed by atoms with Gasteiger partial charge in [-0.3, -0.25) is 0 Å². The van der Waals surface area contributed by atoms with E-state index in [4.69, 9.17) is 0 Å². The van der Waals surface area contributed by atoms with Crippen molar-refractivity contribution in [2.75, 3.05) is 0 Å². The summed E-state index contributed by atoms with van der Waals surface area (Å²) >= 11 is 0. The third-order valence-electron chi connectivity index (χ3n) is 0. The molecule has 0 atom stereocenters. The Balaban J connectivity index is 0. The van der Waals surface area contributed by atoms with Crippen molar-refractivity contribution in [3.63, 3.8) is 0 Å². The van der Waals surface area contributed by atoms with Crippen molar-refractivity contribution in [1.82, 2.24) is 0 Å². The van der Waals surface area contributed by atoms with Gasteiger partial charge in [-0.1, -0.05) is 0 Å².